The highest BCUT2D eigenvalue weighted by Crippen LogP contribution is 2.28. The quantitative estimate of drug-likeness (QED) is 0.614. The fraction of sp³-hybridized carbons (Fsp3) is 0.286. The lowest BCUT2D eigenvalue weighted by atomic mass is 10.1. The molecule has 0 spiro atoms. The van der Waals surface area contributed by atoms with Crippen molar-refractivity contribution in [2.45, 2.75) is 20.3 Å². The van der Waals surface area contributed by atoms with Crippen molar-refractivity contribution in [1.29, 1.82) is 0 Å². The van der Waals surface area contributed by atoms with E-state index in [1.54, 1.807) is 13.0 Å². The van der Waals surface area contributed by atoms with Crippen LogP contribution in [0.25, 0.3) is 11.0 Å². The Labute approximate surface area is 105 Å². The van der Waals surface area contributed by atoms with Crippen molar-refractivity contribution < 1.29 is 18.7 Å². The van der Waals surface area contributed by atoms with Gasteiger partial charge in [-0.25, -0.2) is 4.79 Å². The van der Waals surface area contributed by atoms with Gasteiger partial charge in [-0.3, -0.25) is 4.79 Å². The average molecular weight is 246 g/mol. The molecule has 0 radical (unpaired) electrons. The van der Waals surface area contributed by atoms with E-state index in [0.29, 0.717) is 17.3 Å². The number of hydrogen-bond acceptors (Lipinski definition) is 4. The van der Waals surface area contributed by atoms with E-state index in [9.17, 15) is 9.59 Å². The molecular formula is C14H14O4. The Kier molecular flexibility index (Phi) is 3.46. The predicted molar refractivity (Wildman–Crippen MR) is 66.9 cm³/mol. The zero-order valence-electron chi connectivity index (χ0n) is 10.4. The summed E-state index contributed by atoms with van der Waals surface area (Å²) in [5, 5.41) is 0.660. The summed E-state index contributed by atoms with van der Waals surface area (Å²) in [6.45, 7) is 3.94. The molecule has 0 aliphatic heterocycles. The Morgan fingerprint density at radius 1 is 1.39 bits per heavy atom. The van der Waals surface area contributed by atoms with Crippen LogP contribution in [0.5, 0.6) is 0 Å². The number of fused-ring (bicyclic) bond motifs is 1. The second kappa shape index (κ2) is 5.04. The number of benzene rings is 1. The van der Waals surface area contributed by atoms with E-state index in [1.807, 2.05) is 19.1 Å². The second-order valence-corrected chi connectivity index (χ2v) is 3.83. The van der Waals surface area contributed by atoms with Gasteiger partial charge in [0.15, 0.2) is 6.29 Å². The largest absolute Gasteiger partial charge is 0.460 e. The minimum Gasteiger partial charge on any atom is -0.460 e. The van der Waals surface area contributed by atoms with Crippen LogP contribution in [-0.2, 0) is 11.2 Å². The van der Waals surface area contributed by atoms with Crippen LogP contribution in [0.1, 0.15) is 40.3 Å². The van der Waals surface area contributed by atoms with Gasteiger partial charge in [-0.05, 0) is 18.9 Å². The number of ether oxygens (including phenoxy) is 1. The van der Waals surface area contributed by atoms with Crippen molar-refractivity contribution in [3.63, 3.8) is 0 Å². The van der Waals surface area contributed by atoms with Gasteiger partial charge in [0.1, 0.15) is 5.58 Å². The van der Waals surface area contributed by atoms with E-state index in [1.165, 1.54) is 0 Å². The molecule has 0 N–H and O–H groups in total. The molecule has 94 valence electrons. The van der Waals surface area contributed by atoms with Crippen LogP contribution < -0.4 is 0 Å². The van der Waals surface area contributed by atoms with Crippen LogP contribution in [-0.4, -0.2) is 18.9 Å². The number of furan rings is 1. The fourth-order valence-electron chi connectivity index (χ4n) is 1.94. The summed E-state index contributed by atoms with van der Waals surface area (Å²) in [6, 6.07) is 5.53. The maximum absolute atomic E-state index is 11.7. The molecule has 1 aromatic heterocycles. The van der Waals surface area contributed by atoms with Crippen molar-refractivity contribution >= 4 is 23.2 Å². The topological polar surface area (TPSA) is 56.5 Å². The third-order valence-corrected chi connectivity index (χ3v) is 2.80. The molecule has 0 amide bonds. The maximum Gasteiger partial charge on any atom is 0.375 e. The fourth-order valence-corrected chi connectivity index (χ4v) is 1.94. The average Bonchev–Trinajstić information content (AvgIpc) is 2.77. The molecule has 0 atom stereocenters. The van der Waals surface area contributed by atoms with Gasteiger partial charge in [0, 0.05) is 5.39 Å². The SMILES string of the molecule is CCOC(=O)c1oc2c(CC)cccc2c1C=O. The molecule has 0 aliphatic carbocycles. The van der Waals surface area contributed by atoms with Crippen LogP contribution in [0, 0.1) is 0 Å². The summed E-state index contributed by atoms with van der Waals surface area (Å²) in [6.07, 6.45) is 1.41. The van der Waals surface area contributed by atoms with E-state index >= 15 is 0 Å². The molecule has 0 bridgehead atoms. The molecule has 0 saturated heterocycles. The maximum atomic E-state index is 11.7. The third-order valence-electron chi connectivity index (χ3n) is 2.80. The molecule has 1 aromatic carbocycles. The van der Waals surface area contributed by atoms with E-state index in [2.05, 4.69) is 0 Å². The van der Waals surface area contributed by atoms with E-state index in [4.69, 9.17) is 9.15 Å². The molecule has 4 nitrogen and oxygen atoms in total. The lowest BCUT2D eigenvalue weighted by Gasteiger charge is -1.97. The van der Waals surface area contributed by atoms with Gasteiger partial charge in [0.2, 0.25) is 5.76 Å². The zero-order chi connectivity index (χ0) is 13.1. The number of aryl methyl sites for hydroxylation is 1. The number of rotatable bonds is 4. The van der Waals surface area contributed by atoms with Crippen molar-refractivity contribution in [1.82, 2.24) is 0 Å². The van der Waals surface area contributed by atoms with Gasteiger partial charge in [0.05, 0.1) is 12.2 Å². The molecule has 0 saturated carbocycles. The predicted octanol–water partition coefficient (Wildman–Crippen LogP) is 2.98. The van der Waals surface area contributed by atoms with Gasteiger partial charge in [-0.1, -0.05) is 25.1 Å². The van der Waals surface area contributed by atoms with Crippen molar-refractivity contribution in [2.24, 2.45) is 0 Å². The number of aldehydes is 1. The normalized spacial score (nSPS) is 10.6. The molecule has 18 heavy (non-hydrogen) atoms. The van der Waals surface area contributed by atoms with Gasteiger partial charge in [-0.15, -0.1) is 0 Å². The Bertz CT molecular complexity index is 595. The molecule has 4 heteroatoms. The Hall–Kier alpha value is -2.10. The number of hydrogen-bond donors (Lipinski definition) is 0. The van der Waals surface area contributed by atoms with Crippen molar-refractivity contribution in [3.8, 4) is 0 Å². The zero-order valence-corrected chi connectivity index (χ0v) is 10.4. The summed E-state index contributed by atoms with van der Waals surface area (Å²) >= 11 is 0. The second-order valence-electron chi connectivity index (χ2n) is 3.83. The smallest absolute Gasteiger partial charge is 0.375 e. The van der Waals surface area contributed by atoms with E-state index in [0.717, 1.165) is 12.0 Å². The van der Waals surface area contributed by atoms with E-state index < -0.39 is 5.97 Å². The summed E-state index contributed by atoms with van der Waals surface area (Å²) < 4.78 is 10.4. The summed E-state index contributed by atoms with van der Waals surface area (Å²) in [5.74, 6) is -0.611. The first kappa shape index (κ1) is 12.4. The lowest BCUT2D eigenvalue weighted by Crippen LogP contribution is -2.05. The summed E-state index contributed by atoms with van der Waals surface area (Å²) in [4.78, 5) is 22.9. The summed E-state index contributed by atoms with van der Waals surface area (Å²) in [5.41, 5.74) is 1.81. The molecule has 2 rings (SSSR count). The van der Waals surface area contributed by atoms with Crippen LogP contribution in [0.15, 0.2) is 22.6 Å². The molecule has 2 aromatic rings. The minimum absolute atomic E-state index is 0.0113. The molecular weight excluding hydrogens is 232 g/mol. The van der Waals surface area contributed by atoms with E-state index in [-0.39, 0.29) is 17.9 Å². The molecule has 0 aliphatic rings. The van der Waals surface area contributed by atoms with Gasteiger partial charge >= 0.3 is 5.97 Å². The first-order chi connectivity index (χ1) is 8.72. The molecule has 0 fully saturated rings. The van der Waals surface area contributed by atoms with Gasteiger partial charge < -0.3 is 9.15 Å². The monoisotopic (exact) mass is 246 g/mol. The highest BCUT2D eigenvalue weighted by molar-refractivity contribution is 6.07. The van der Waals surface area contributed by atoms with Crippen LogP contribution in [0.3, 0.4) is 0 Å². The van der Waals surface area contributed by atoms with Crippen LogP contribution in [0.4, 0.5) is 0 Å². The first-order valence-electron chi connectivity index (χ1n) is 5.89. The number of esters is 1. The first-order valence-corrected chi connectivity index (χ1v) is 5.89. The Morgan fingerprint density at radius 2 is 2.17 bits per heavy atom. The Morgan fingerprint density at radius 3 is 2.78 bits per heavy atom. The van der Waals surface area contributed by atoms with Crippen LogP contribution >= 0.6 is 0 Å². The van der Waals surface area contributed by atoms with Crippen molar-refractivity contribution in [3.05, 3.63) is 35.1 Å². The molecule has 1 heterocycles. The third kappa shape index (κ3) is 1.90. The standard InChI is InChI=1S/C14H14O4/c1-3-9-6-5-7-10-11(8-15)13(18-12(9)10)14(16)17-4-2/h5-8H,3-4H2,1-2H3. The number of para-hydroxylation sites is 1. The van der Waals surface area contributed by atoms with Gasteiger partial charge in [0.25, 0.3) is 0 Å². The lowest BCUT2D eigenvalue weighted by molar-refractivity contribution is 0.0490. The highest BCUT2D eigenvalue weighted by Gasteiger charge is 2.22. The number of carbonyl (C=O) groups is 2. The molecule has 0 unspecified atom stereocenters. The number of carbonyl (C=O) groups excluding carboxylic acids is 2. The van der Waals surface area contributed by atoms with Crippen molar-refractivity contribution in [2.75, 3.05) is 6.61 Å². The highest BCUT2D eigenvalue weighted by atomic mass is 16.5. The summed E-state index contributed by atoms with van der Waals surface area (Å²) in [7, 11) is 0. The van der Waals surface area contributed by atoms with Gasteiger partial charge in [-0.2, -0.15) is 0 Å². The minimum atomic E-state index is -0.599. The van der Waals surface area contributed by atoms with Crippen LogP contribution in [0.2, 0.25) is 0 Å². The Balaban J connectivity index is 2.67.